The molecule has 0 fully saturated rings. The summed E-state index contributed by atoms with van der Waals surface area (Å²) in [6.07, 6.45) is 0.693. The Kier molecular flexibility index (Phi) is 4.93. The third-order valence-electron chi connectivity index (χ3n) is 2.73. The van der Waals surface area contributed by atoms with Gasteiger partial charge in [0.05, 0.1) is 10.5 Å². The van der Waals surface area contributed by atoms with Crippen molar-refractivity contribution < 1.29 is 14.5 Å². The maximum absolute atomic E-state index is 10.9. The minimum atomic E-state index is -0.493. The molecule has 0 N–H and O–H groups in total. The van der Waals surface area contributed by atoms with Crippen molar-refractivity contribution in [2.75, 3.05) is 0 Å². The number of carbonyl (C=O) groups is 1. The Morgan fingerprint density at radius 2 is 2.05 bits per heavy atom. The van der Waals surface area contributed by atoms with Crippen LogP contribution in [0.3, 0.4) is 0 Å². The van der Waals surface area contributed by atoms with Crippen LogP contribution in [0.1, 0.15) is 15.9 Å². The number of hydrogen-bond acceptors (Lipinski definition) is 4. The van der Waals surface area contributed by atoms with Crippen molar-refractivity contribution in [2.45, 2.75) is 6.61 Å². The van der Waals surface area contributed by atoms with Crippen molar-refractivity contribution in [2.24, 2.45) is 0 Å². The molecule has 5 nitrogen and oxygen atoms in total. The smallest absolute Gasteiger partial charge is 0.276 e. The fourth-order valence-electron chi connectivity index (χ4n) is 1.71. The lowest BCUT2D eigenvalue weighted by Gasteiger charge is -2.08. The van der Waals surface area contributed by atoms with Crippen LogP contribution < -0.4 is 4.74 Å². The predicted octanol–water partition coefficient (Wildman–Crippen LogP) is 4.40. The molecule has 2 aromatic rings. The third-order valence-corrected chi connectivity index (χ3v) is 3.68. The van der Waals surface area contributed by atoms with Gasteiger partial charge in [-0.3, -0.25) is 14.9 Å². The molecule has 0 atom stereocenters. The number of hydrogen-bond donors (Lipinski definition) is 0. The van der Waals surface area contributed by atoms with Crippen molar-refractivity contribution in [3.63, 3.8) is 0 Å². The van der Waals surface area contributed by atoms with E-state index in [1.54, 1.807) is 18.2 Å². The van der Waals surface area contributed by atoms with Crippen molar-refractivity contribution >= 4 is 39.5 Å². The molecule has 2 aromatic carbocycles. The van der Waals surface area contributed by atoms with Crippen LogP contribution in [-0.2, 0) is 6.61 Å². The molecule has 7 heteroatoms. The highest BCUT2D eigenvalue weighted by Crippen LogP contribution is 2.26. The number of ether oxygens (including phenoxy) is 1. The SMILES string of the molecule is O=Cc1cc(OCc2cc(Cl)ccc2[N+](=O)[O-])ccc1Br. The van der Waals surface area contributed by atoms with E-state index in [1.807, 2.05) is 0 Å². The fourth-order valence-corrected chi connectivity index (χ4v) is 2.25. The minimum Gasteiger partial charge on any atom is -0.489 e. The Morgan fingerprint density at radius 1 is 1.29 bits per heavy atom. The fraction of sp³-hybridized carbons (Fsp3) is 0.0714. The maximum Gasteiger partial charge on any atom is 0.276 e. The number of halogens is 2. The molecule has 2 rings (SSSR count). The van der Waals surface area contributed by atoms with E-state index in [9.17, 15) is 14.9 Å². The number of nitro groups is 1. The van der Waals surface area contributed by atoms with Crippen molar-refractivity contribution in [1.82, 2.24) is 0 Å². The van der Waals surface area contributed by atoms with Crippen molar-refractivity contribution in [3.05, 3.63) is 67.1 Å². The summed E-state index contributed by atoms with van der Waals surface area (Å²) in [5.74, 6) is 0.439. The van der Waals surface area contributed by atoms with Gasteiger partial charge in [0.1, 0.15) is 12.4 Å². The van der Waals surface area contributed by atoms with Crippen LogP contribution in [-0.4, -0.2) is 11.2 Å². The summed E-state index contributed by atoms with van der Waals surface area (Å²) in [5, 5.41) is 11.3. The van der Waals surface area contributed by atoms with Gasteiger partial charge in [-0.15, -0.1) is 0 Å². The van der Waals surface area contributed by atoms with Crippen LogP contribution in [0, 0.1) is 10.1 Å². The second kappa shape index (κ2) is 6.69. The molecule has 0 spiro atoms. The highest BCUT2D eigenvalue weighted by molar-refractivity contribution is 9.10. The van der Waals surface area contributed by atoms with Crippen LogP contribution in [0.5, 0.6) is 5.75 Å². The van der Waals surface area contributed by atoms with Crippen molar-refractivity contribution in [3.8, 4) is 5.75 Å². The van der Waals surface area contributed by atoms with Gasteiger partial charge in [-0.05, 0) is 30.3 Å². The van der Waals surface area contributed by atoms with E-state index in [2.05, 4.69) is 15.9 Å². The van der Waals surface area contributed by atoms with E-state index >= 15 is 0 Å². The summed E-state index contributed by atoms with van der Waals surface area (Å²) in [6, 6.07) is 9.15. The first-order valence-corrected chi connectivity index (χ1v) is 6.98. The molecule has 0 aliphatic rings. The third kappa shape index (κ3) is 3.80. The van der Waals surface area contributed by atoms with Gasteiger partial charge in [-0.25, -0.2) is 0 Å². The molecule has 0 radical (unpaired) electrons. The zero-order chi connectivity index (χ0) is 15.4. The predicted molar refractivity (Wildman–Crippen MR) is 82.0 cm³/mol. The molecule has 0 aliphatic carbocycles. The van der Waals surface area contributed by atoms with E-state index in [0.29, 0.717) is 32.7 Å². The Morgan fingerprint density at radius 3 is 2.71 bits per heavy atom. The summed E-state index contributed by atoms with van der Waals surface area (Å²) < 4.78 is 6.14. The zero-order valence-corrected chi connectivity index (χ0v) is 12.9. The molecule has 0 saturated carbocycles. The highest BCUT2D eigenvalue weighted by Gasteiger charge is 2.14. The van der Waals surface area contributed by atoms with Crippen LogP contribution in [0.2, 0.25) is 5.02 Å². The Balaban J connectivity index is 2.22. The number of aldehydes is 1. The average molecular weight is 371 g/mol. The summed E-state index contributed by atoms with van der Waals surface area (Å²) in [7, 11) is 0. The number of rotatable bonds is 5. The average Bonchev–Trinajstić information content (AvgIpc) is 2.46. The van der Waals surface area contributed by atoms with E-state index in [4.69, 9.17) is 16.3 Å². The lowest BCUT2D eigenvalue weighted by Crippen LogP contribution is -2.01. The summed E-state index contributed by atoms with van der Waals surface area (Å²) in [6.45, 7) is -0.0171. The molecular weight excluding hydrogens is 362 g/mol. The van der Waals surface area contributed by atoms with E-state index in [1.165, 1.54) is 18.2 Å². The normalized spacial score (nSPS) is 10.2. The number of carbonyl (C=O) groups excluding carboxylic acids is 1. The van der Waals surface area contributed by atoms with Gasteiger partial charge in [0.25, 0.3) is 5.69 Å². The first kappa shape index (κ1) is 15.5. The molecule has 0 aromatic heterocycles. The quantitative estimate of drug-likeness (QED) is 0.444. The van der Waals surface area contributed by atoms with Crippen LogP contribution in [0.4, 0.5) is 5.69 Å². The Bertz CT molecular complexity index is 705. The van der Waals surface area contributed by atoms with E-state index < -0.39 is 4.92 Å². The molecule has 21 heavy (non-hydrogen) atoms. The molecule has 0 unspecified atom stereocenters. The largest absolute Gasteiger partial charge is 0.489 e. The molecular formula is C14H9BrClNO4. The maximum atomic E-state index is 10.9. The number of nitrogens with zero attached hydrogens (tertiary/aromatic N) is 1. The summed E-state index contributed by atoms with van der Waals surface area (Å²) in [4.78, 5) is 21.3. The van der Waals surface area contributed by atoms with Gasteiger partial charge in [0.2, 0.25) is 0 Å². The molecule has 108 valence electrons. The van der Waals surface area contributed by atoms with E-state index in [-0.39, 0.29) is 12.3 Å². The lowest BCUT2D eigenvalue weighted by molar-refractivity contribution is -0.385. The zero-order valence-electron chi connectivity index (χ0n) is 10.6. The monoisotopic (exact) mass is 369 g/mol. The lowest BCUT2D eigenvalue weighted by atomic mass is 10.2. The topological polar surface area (TPSA) is 69.4 Å². The van der Waals surface area contributed by atoms with Crippen LogP contribution in [0.15, 0.2) is 40.9 Å². The molecule has 0 amide bonds. The van der Waals surface area contributed by atoms with Gasteiger partial charge in [-0.1, -0.05) is 27.5 Å². The van der Waals surface area contributed by atoms with Gasteiger partial charge in [0, 0.05) is 21.1 Å². The Hall–Kier alpha value is -1.92. The number of benzene rings is 2. The standard InChI is InChI=1S/C14H9BrClNO4/c15-13-3-2-12(6-9(13)7-18)21-8-10-5-11(16)1-4-14(10)17(19)20/h1-7H,8H2. The van der Waals surface area contributed by atoms with Crippen LogP contribution >= 0.6 is 27.5 Å². The molecule has 0 heterocycles. The van der Waals surface area contributed by atoms with Gasteiger partial charge in [-0.2, -0.15) is 0 Å². The second-order valence-corrected chi connectivity index (χ2v) is 5.41. The van der Waals surface area contributed by atoms with E-state index in [0.717, 1.165) is 0 Å². The van der Waals surface area contributed by atoms with Gasteiger partial charge >= 0.3 is 0 Å². The summed E-state index contributed by atoms with van der Waals surface area (Å²) >= 11 is 9.07. The van der Waals surface area contributed by atoms with Crippen molar-refractivity contribution in [1.29, 1.82) is 0 Å². The first-order chi connectivity index (χ1) is 10.0. The van der Waals surface area contributed by atoms with Gasteiger partial charge in [0.15, 0.2) is 6.29 Å². The molecule has 0 aliphatic heterocycles. The summed E-state index contributed by atoms with van der Waals surface area (Å²) in [5.41, 5.74) is 0.739. The minimum absolute atomic E-state index is 0.0171. The highest BCUT2D eigenvalue weighted by atomic mass is 79.9. The molecule has 0 bridgehead atoms. The molecule has 0 saturated heterocycles. The van der Waals surface area contributed by atoms with Gasteiger partial charge < -0.3 is 4.74 Å². The first-order valence-electron chi connectivity index (χ1n) is 5.81. The van der Waals surface area contributed by atoms with Crippen LogP contribution in [0.25, 0.3) is 0 Å². The number of nitro benzene ring substituents is 1. The second-order valence-electron chi connectivity index (χ2n) is 4.12. The Labute approximate surface area is 133 Å².